The Hall–Kier alpha value is -1.61. The minimum Gasteiger partial charge on any atom is -0.352 e. The summed E-state index contributed by atoms with van der Waals surface area (Å²) in [4.78, 5) is 13.5. The third-order valence-electron chi connectivity index (χ3n) is 2.81. The minimum absolute atomic E-state index is 0.0543. The largest absolute Gasteiger partial charge is 0.352 e. The van der Waals surface area contributed by atoms with Crippen LogP contribution < -0.4 is 5.32 Å². The van der Waals surface area contributed by atoms with Crippen LogP contribution in [0.15, 0.2) is 36.4 Å². The van der Waals surface area contributed by atoms with Gasteiger partial charge < -0.3 is 10.2 Å². The molecule has 0 unspecified atom stereocenters. The van der Waals surface area contributed by atoms with Crippen molar-refractivity contribution in [3.05, 3.63) is 47.5 Å². The first-order chi connectivity index (χ1) is 8.99. The molecule has 0 bridgehead atoms. The number of rotatable bonds is 7. The number of nitrogens with zero attached hydrogens (tertiary/aromatic N) is 1. The molecule has 0 aromatic heterocycles. The lowest BCUT2D eigenvalue weighted by Crippen LogP contribution is -2.24. The van der Waals surface area contributed by atoms with E-state index in [2.05, 4.69) is 55.2 Å². The van der Waals surface area contributed by atoms with Crippen LogP contribution in [0.1, 0.15) is 24.5 Å². The number of carbonyl (C=O) groups is 1. The van der Waals surface area contributed by atoms with Crippen molar-refractivity contribution in [1.82, 2.24) is 10.2 Å². The topological polar surface area (TPSA) is 32.3 Å². The molecule has 0 spiro atoms. The number of benzene rings is 1. The maximum absolute atomic E-state index is 11.3. The maximum Gasteiger partial charge on any atom is 0.246 e. The Balaban J connectivity index is 2.37. The number of carbonyl (C=O) groups excluding carboxylic acids is 1. The van der Waals surface area contributed by atoms with E-state index in [0.29, 0.717) is 12.1 Å². The van der Waals surface area contributed by atoms with Gasteiger partial charge in [0.15, 0.2) is 0 Å². The molecule has 1 amide bonds. The second-order valence-corrected chi connectivity index (χ2v) is 5.20. The van der Waals surface area contributed by atoms with Crippen molar-refractivity contribution in [2.75, 3.05) is 20.6 Å². The van der Waals surface area contributed by atoms with Crippen LogP contribution in [0.5, 0.6) is 0 Å². The van der Waals surface area contributed by atoms with Crippen molar-refractivity contribution in [2.24, 2.45) is 0 Å². The smallest absolute Gasteiger partial charge is 0.246 e. The van der Waals surface area contributed by atoms with Crippen molar-refractivity contribution in [2.45, 2.75) is 26.3 Å². The zero-order valence-electron chi connectivity index (χ0n) is 12.2. The van der Waals surface area contributed by atoms with Crippen molar-refractivity contribution < 1.29 is 4.79 Å². The van der Waals surface area contributed by atoms with Gasteiger partial charge in [0.25, 0.3) is 0 Å². The quantitative estimate of drug-likeness (QED) is 0.603. The molecule has 0 saturated heterocycles. The van der Waals surface area contributed by atoms with Gasteiger partial charge in [-0.2, -0.15) is 0 Å². The number of amides is 1. The van der Waals surface area contributed by atoms with Crippen LogP contribution in [-0.2, 0) is 17.8 Å². The van der Waals surface area contributed by atoms with Gasteiger partial charge in [-0.05, 0) is 45.0 Å². The molecule has 3 nitrogen and oxygen atoms in total. The first kappa shape index (κ1) is 15.4. The molecule has 1 aromatic carbocycles. The van der Waals surface area contributed by atoms with Gasteiger partial charge in [0, 0.05) is 18.7 Å². The highest BCUT2D eigenvalue weighted by Gasteiger charge is 2.01. The lowest BCUT2D eigenvalue weighted by atomic mass is 10.1. The van der Waals surface area contributed by atoms with Gasteiger partial charge in [-0.3, -0.25) is 4.79 Å². The summed E-state index contributed by atoms with van der Waals surface area (Å²) in [6, 6.07) is 8.62. The predicted molar refractivity (Wildman–Crippen MR) is 80.0 cm³/mol. The number of aryl methyl sites for hydroxylation is 1. The average Bonchev–Trinajstić information content (AvgIpc) is 2.34. The SMILES string of the molecule is C=C(C)C(=O)NCCCc1cccc(CN(C)C)c1. The summed E-state index contributed by atoms with van der Waals surface area (Å²) < 4.78 is 0. The highest BCUT2D eigenvalue weighted by molar-refractivity contribution is 5.91. The average molecular weight is 260 g/mol. The Morgan fingerprint density at radius 1 is 1.32 bits per heavy atom. The first-order valence-corrected chi connectivity index (χ1v) is 6.65. The molecule has 0 aliphatic heterocycles. The van der Waals surface area contributed by atoms with E-state index in [1.807, 2.05) is 0 Å². The summed E-state index contributed by atoms with van der Waals surface area (Å²) >= 11 is 0. The molecule has 1 N–H and O–H groups in total. The summed E-state index contributed by atoms with van der Waals surface area (Å²) in [5, 5.41) is 2.85. The van der Waals surface area contributed by atoms with Crippen LogP contribution in [0.2, 0.25) is 0 Å². The number of hydrogen-bond acceptors (Lipinski definition) is 2. The zero-order valence-corrected chi connectivity index (χ0v) is 12.2. The highest BCUT2D eigenvalue weighted by atomic mass is 16.1. The van der Waals surface area contributed by atoms with Gasteiger partial charge in [0.1, 0.15) is 0 Å². The van der Waals surface area contributed by atoms with E-state index in [-0.39, 0.29) is 5.91 Å². The monoisotopic (exact) mass is 260 g/mol. The van der Waals surface area contributed by atoms with Crippen LogP contribution in [0, 0.1) is 0 Å². The van der Waals surface area contributed by atoms with E-state index in [1.54, 1.807) is 6.92 Å². The van der Waals surface area contributed by atoms with Gasteiger partial charge in [0.05, 0.1) is 0 Å². The minimum atomic E-state index is -0.0543. The highest BCUT2D eigenvalue weighted by Crippen LogP contribution is 2.08. The molecule has 104 valence electrons. The Morgan fingerprint density at radius 3 is 2.63 bits per heavy atom. The van der Waals surface area contributed by atoms with E-state index < -0.39 is 0 Å². The molecular formula is C16H24N2O. The standard InChI is InChI=1S/C16H24N2O/c1-13(2)16(19)17-10-6-9-14-7-5-8-15(11-14)12-18(3)4/h5,7-8,11H,1,6,9-10,12H2,2-4H3,(H,17,19). The van der Waals surface area contributed by atoms with Gasteiger partial charge >= 0.3 is 0 Å². The number of nitrogens with one attached hydrogen (secondary N) is 1. The molecule has 0 fully saturated rings. The summed E-state index contributed by atoms with van der Waals surface area (Å²) in [5.74, 6) is -0.0543. The lowest BCUT2D eigenvalue weighted by Gasteiger charge is -2.11. The normalized spacial score (nSPS) is 10.5. The molecule has 0 atom stereocenters. The van der Waals surface area contributed by atoms with Gasteiger partial charge in [-0.25, -0.2) is 0 Å². The lowest BCUT2D eigenvalue weighted by molar-refractivity contribution is -0.117. The Kier molecular flexibility index (Phi) is 6.30. The second kappa shape index (κ2) is 7.74. The van der Waals surface area contributed by atoms with E-state index in [9.17, 15) is 4.79 Å². The summed E-state index contributed by atoms with van der Waals surface area (Å²) in [6.07, 6.45) is 1.93. The third kappa shape index (κ3) is 6.20. The van der Waals surface area contributed by atoms with Crippen molar-refractivity contribution >= 4 is 5.91 Å². The van der Waals surface area contributed by atoms with Crippen LogP contribution >= 0.6 is 0 Å². The Labute approximate surface area is 116 Å². The van der Waals surface area contributed by atoms with Gasteiger partial charge in [0.2, 0.25) is 5.91 Å². The van der Waals surface area contributed by atoms with Crippen molar-refractivity contribution in [3.8, 4) is 0 Å². The van der Waals surface area contributed by atoms with E-state index in [4.69, 9.17) is 0 Å². The summed E-state index contributed by atoms with van der Waals surface area (Å²) in [6.45, 7) is 6.99. The fraction of sp³-hybridized carbons (Fsp3) is 0.438. The summed E-state index contributed by atoms with van der Waals surface area (Å²) in [5.41, 5.74) is 3.21. The molecule has 0 aliphatic carbocycles. The molecule has 1 aromatic rings. The Bertz CT molecular complexity index is 438. The van der Waals surface area contributed by atoms with Gasteiger partial charge in [-0.15, -0.1) is 0 Å². The fourth-order valence-corrected chi connectivity index (χ4v) is 1.89. The molecule has 3 heteroatoms. The Morgan fingerprint density at radius 2 is 2.00 bits per heavy atom. The number of hydrogen-bond donors (Lipinski definition) is 1. The third-order valence-corrected chi connectivity index (χ3v) is 2.81. The molecule has 0 aliphatic rings. The van der Waals surface area contributed by atoms with Crippen LogP contribution in [0.4, 0.5) is 0 Å². The van der Waals surface area contributed by atoms with Crippen LogP contribution in [0.3, 0.4) is 0 Å². The molecule has 0 heterocycles. The van der Waals surface area contributed by atoms with E-state index in [1.165, 1.54) is 11.1 Å². The van der Waals surface area contributed by atoms with Crippen molar-refractivity contribution in [3.63, 3.8) is 0 Å². The molecule has 0 saturated carbocycles. The summed E-state index contributed by atoms with van der Waals surface area (Å²) in [7, 11) is 4.14. The van der Waals surface area contributed by atoms with E-state index in [0.717, 1.165) is 19.4 Å². The van der Waals surface area contributed by atoms with E-state index >= 15 is 0 Å². The molecular weight excluding hydrogens is 236 g/mol. The fourth-order valence-electron chi connectivity index (χ4n) is 1.89. The first-order valence-electron chi connectivity index (χ1n) is 6.65. The molecule has 19 heavy (non-hydrogen) atoms. The second-order valence-electron chi connectivity index (χ2n) is 5.20. The van der Waals surface area contributed by atoms with Crippen LogP contribution in [-0.4, -0.2) is 31.4 Å². The molecule has 0 radical (unpaired) electrons. The van der Waals surface area contributed by atoms with Crippen molar-refractivity contribution in [1.29, 1.82) is 0 Å². The maximum atomic E-state index is 11.3. The predicted octanol–water partition coefficient (Wildman–Crippen LogP) is 2.37. The van der Waals surface area contributed by atoms with Gasteiger partial charge in [-0.1, -0.05) is 30.8 Å². The molecule has 1 rings (SSSR count). The van der Waals surface area contributed by atoms with Crippen LogP contribution in [0.25, 0.3) is 0 Å². The zero-order chi connectivity index (χ0) is 14.3.